The van der Waals surface area contributed by atoms with Crippen molar-refractivity contribution in [3.05, 3.63) is 184 Å². The Balaban J connectivity index is 0.000000479. The van der Waals surface area contributed by atoms with Gasteiger partial charge in [0.05, 0.1) is 0 Å². The first-order chi connectivity index (χ1) is 36.4. The molecule has 0 aromatic heterocycles. The average Bonchev–Trinajstić information content (AvgIpc) is 3.26. The summed E-state index contributed by atoms with van der Waals surface area (Å²) in [6.07, 6.45) is 2.24. The molecule has 6 rings (SSSR count). The van der Waals surface area contributed by atoms with Gasteiger partial charge in [0.1, 0.15) is 23.0 Å². The Morgan fingerprint density at radius 3 is 0.568 bits per heavy atom. The van der Waals surface area contributed by atoms with Crippen LogP contribution in [0.3, 0.4) is 0 Å². The van der Waals surface area contributed by atoms with Gasteiger partial charge in [-0.2, -0.15) is 0 Å². The van der Waals surface area contributed by atoms with Gasteiger partial charge in [0, 0.05) is 0 Å². The predicted molar refractivity (Wildman–Crippen MR) is 352 cm³/mol. The monoisotopic (exact) mass is 1100 g/mol. The fourth-order valence-electron chi connectivity index (χ4n) is 11.6. The van der Waals surface area contributed by atoms with Gasteiger partial charge in [0.2, 0.25) is 0 Å². The number of phenols is 4. The Bertz CT molecular complexity index is 2750. The minimum Gasteiger partial charge on any atom is -0.507 e. The zero-order valence-electron chi connectivity index (χ0n) is 56.8. The van der Waals surface area contributed by atoms with E-state index >= 15 is 0 Å². The standard InChI is InChI=1S/C54H78O3.C14H22O.C9H12/c1-31-37(22-34-25-40(49(4,5)6)46(55)41(26-34)50(7,8)9)32(2)39(24-36-29-44(53(16,17)18)48(57)45(30-36)54(19,20)21)33(3)38(31)23-35-27-42(51(10,11)12)47(56)43(28-35)52(13,14)15;1-13(2,3)10-8-7-9-11(12(10)15)14(4,5)6;1-7-4-8(2)6-9(3)5-7/h25-30,55-57H,22-24H2,1-21H3;7-9,15H,1-6H3;4-6H,1-3H3. The molecule has 0 saturated heterocycles. The van der Waals surface area contributed by atoms with Crippen LogP contribution in [0.5, 0.6) is 23.0 Å². The topological polar surface area (TPSA) is 80.9 Å². The second-order valence-corrected chi connectivity index (χ2v) is 32.3. The summed E-state index contributed by atoms with van der Waals surface area (Å²) in [5.74, 6) is 1.68. The number of para-hydroxylation sites is 1. The van der Waals surface area contributed by atoms with Gasteiger partial charge in [0.15, 0.2) is 0 Å². The number of aromatic hydroxyl groups is 4. The maximum atomic E-state index is 11.6. The predicted octanol–water partition coefficient (Wildman–Crippen LogP) is 20.9. The zero-order valence-corrected chi connectivity index (χ0v) is 56.8. The molecule has 6 aromatic rings. The van der Waals surface area contributed by atoms with E-state index in [0.29, 0.717) is 23.0 Å². The second kappa shape index (κ2) is 24.0. The maximum Gasteiger partial charge on any atom is 0.123 e. The van der Waals surface area contributed by atoms with Gasteiger partial charge in [-0.05, 0) is 199 Å². The number of hydrogen-bond donors (Lipinski definition) is 4. The Labute approximate surface area is 495 Å². The van der Waals surface area contributed by atoms with Crippen LogP contribution < -0.4 is 0 Å². The number of aryl methyl sites for hydroxylation is 3. The first-order valence-corrected chi connectivity index (χ1v) is 30.0. The van der Waals surface area contributed by atoms with E-state index < -0.39 is 0 Å². The molecule has 0 spiro atoms. The molecule has 81 heavy (non-hydrogen) atoms. The van der Waals surface area contributed by atoms with E-state index in [1.807, 2.05) is 18.2 Å². The lowest BCUT2D eigenvalue weighted by molar-refractivity contribution is 0.422. The van der Waals surface area contributed by atoms with Crippen molar-refractivity contribution in [2.75, 3.05) is 0 Å². The highest BCUT2D eigenvalue weighted by atomic mass is 16.3. The smallest absolute Gasteiger partial charge is 0.123 e. The number of hydrogen-bond acceptors (Lipinski definition) is 4. The molecule has 4 nitrogen and oxygen atoms in total. The fourth-order valence-corrected chi connectivity index (χ4v) is 11.6. The lowest BCUT2D eigenvalue weighted by Gasteiger charge is -2.30. The van der Waals surface area contributed by atoms with Crippen LogP contribution in [-0.4, -0.2) is 20.4 Å². The van der Waals surface area contributed by atoms with Crippen LogP contribution in [0.25, 0.3) is 0 Å². The van der Waals surface area contributed by atoms with E-state index in [2.05, 4.69) is 262 Å². The summed E-state index contributed by atoms with van der Waals surface area (Å²) in [5.41, 5.74) is 22.1. The maximum absolute atomic E-state index is 11.6. The van der Waals surface area contributed by atoms with Crippen LogP contribution in [-0.2, 0) is 62.6 Å². The molecule has 0 aliphatic rings. The van der Waals surface area contributed by atoms with Crippen molar-refractivity contribution in [2.24, 2.45) is 0 Å². The van der Waals surface area contributed by atoms with E-state index in [1.165, 1.54) is 66.8 Å². The molecular formula is C77H112O4. The summed E-state index contributed by atoms with van der Waals surface area (Å²) in [6, 6.07) is 26.0. The third-order valence-corrected chi connectivity index (χ3v) is 16.2. The first kappa shape index (κ1) is 68.0. The molecule has 0 radical (unpaired) electrons. The van der Waals surface area contributed by atoms with Gasteiger partial charge < -0.3 is 20.4 Å². The summed E-state index contributed by atoms with van der Waals surface area (Å²) in [6.45, 7) is 65.3. The Morgan fingerprint density at radius 2 is 0.407 bits per heavy atom. The molecule has 0 atom stereocenters. The van der Waals surface area contributed by atoms with Gasteiger partial charge in [-0.25, -0.2) is 0 Å². The van der Waals surface area contributed by atoms with Crippen molar-refractivity contribution < 1.29 is 20.4 Å². The van der Waals surface area contributed by atoms with Gasteiger partial charge in [0.25, 0.3) is 0 Å². The highest BCUT2D eigenvalue weighted by Gasteiger charge is 2.32. The SMILES string of the molecule is CC(C)(C)c1cccc(C(C)(C)C)c1O.Cc1c(Cc2cc(C(C)(C)C)c(O)c(C(C)(C)C)c2)c(C)c(Cc2cc(C(C)(C)C)c(O)c(C(C)(C)C)c2)c(C)c1Cc1cc(C(C)(C)C)c(O)c(C(C)(C)C)c1.Cc1cc(C)cc(C)c1. The molecule has 0 amide bonds. The van der Waals surface area contributed by atoms with Crippen molar-refractivity contribution in [3.8, 4) is 23.0 Å². The molecule has 0 unspecified atom stereocenters. The zero-order chi connectivity index (χ0) is 62.5. The minimum absolute atomic E-state index is 0.00859. The quantitative estimate of drug-likeness (QED) is 0.134. The van der Waals surface area contributed by atoms with Crippen molar-refractivity contribution in [1.82, 2.24) is 0 Å². The first-order valence-electron chi connectivity index (χ1n) is 30.0. The highest BCUT2D eigenvalue weighted by molar-refractivity contribution is 5.59. The van der Waals surface area contributed by atoms with Crippen LogP contribution in [0.2, 0.25) is 0 Å². The molecule has 0 fully saturated rings. The summed E-state index contributed by atoms with van der Waals surface area (Å²) < 4.78 is 0. The van der Waals surface area contributed by atoms with E-state index in [0.717, 1.165) is 63.8 Å². The Kier molecular flexibility index (Phi) is 20.2. The normalized spacial score (nSPS) is 12.9. The van der Waals surface area contributed by atoms with Crippen LogP contribution in [0, 0.1) is 41.5 Å². The van der Waals surface area contributed by atoms with Crippen LogP contribution in [0.4, 0.5) is 0 Å². The number of rotatable bonds is 6. The Hall–Kier alpha value is -5.48. The lowest BCUT2D eigenvalue weighted by atomic mass is 9.75. The molecule has 0 bridgehead atoms. The highest BCUT2D eigenvalue weighted by Crippen LogP contribution is 2.45. The van der Waals surface area contributed by atoms with Gasteiger partial charge in [-0.3, -0.25) is 0 Å². The summed E-state index contributed by atoms with van der Waals surface area (Å²) >= 11 is 0. The number of phenolic OH excluding ortho intramolecular Hbond substituents is 4. The van der Waals surface area contributed by atoms with Crippen LogP contribution in [0.1, 0.15) is 277 Å². The van der Waals surface area contributed by atoms with E-state index in [-0.39, 0.29) is 43.3 Å². The third kappa shape index (κ3) is 16.8. The minimum atomic E-state index is -0.226. The van der Waals surface area contributed by atoms with E-state index in [4.69, 9.17) is 0 Å². The van der Waals surface area contributed by atoms with Crippen molar-refractivity contribution >= 4 is 0 Å². The summed E-state index contributed by atoms with van der Waals surface area (Å²) in [7, 11) is 0. The molecule has 0 heterocycles. The molecule has 4 N–H and O–H groups in total. The summed E-state index contributed by atoms with van der Waals surface area (Å²) in [5, 5.41) is 45.2. The lowest BCUT2D eigenvalue weighted by Crippen LogP contribution is -2.19. The van der Waals surface area contributed by atoms with Crippen LogP contribution >= 0.6 is 0 Å². The Morgan fingerprint density at radius 1 is 0.247 bits per heavy atom. The molecular weight excluding hydrogens is 989 g/mol. The molecule has 444 valence electrons. The third-order valence-electron chi connectivity index (χ3n) is 16.2. The molecule has 0 aliphatic heterocycles. The average molecular weight is 1100 g/mol. The molecule has 0 aliphatic carbocycles. The van der Waals surface area contributed by atoms with E-state index in [9.17, 15) is 20.4 Å². The largest absolute Gasteiger partial charge is 0.507 e. The molecule has 0 saturated carbocycles. The second-order valence-electron chi connectivity index (χ2n) is 32.3. The fraction of sp³-hybridized carbons (Fsp3) is 0.532. The van der Waals surface area contributed by atoms with Gasteiger partial charge >= 0.3 is 0 Å². The molecule has 4 heteroatoms. The van der Waals surface area contributed by atoms with Gasteiger partial charge in [-0.1, -0.05) is 256 Å². The molecule has 6 aromatic carbocycles. The van der Waals surface area contributed by atoms with Crippen molar-refractivity contribution in [3.63, 3.8) is 0 Å². The summed E-state index contributed by atoms with van der Waals surface area (Å²) in [4.78, 5) is 0. The number of benzene rings is 6. The van der Waals surface area contributed by atoms with E-state index in [1.54, 1.807) is 0 Å². The van der Waals surface area contributed by atoms with Gasteiger partial charge in [-0.15, -0.1) is 0 Å². The van der Waals surface area contributed by atoms with Crippen molar-refractivity contribution in [2.45, 2.75) is 270 Å². The van der Waals surface area contributed by atoms with Crippen molar-refractivity contribution in [1.29, 1.82) is 0 Å². The van der Waals surface area contributed by atoms with Crippen LogP contribution in [0.15, 0.2) is 72.8 Å².